The number of halogens is 1. The van der Waals surface area contributed by atoms with Crippen LogP contribution in [-0.2, 0) is 4.79 Å². The Morgan fingerprint density at radius 2 is 2.14 bits per heavy atom. The molecule has 2 rings (SSSR count). The van der Waals surface area contributed by atoms with E-state index in [0.29, 0.717) is 12.2 Å². The minimum atomic E-state index is -0.857. The molecule has 1 atom stereocenters. The Bertz CT molecular complexity index is 566. The van der Waals surface area contributed by atoms with Gasteiger partial charge in [-0.3, -0.25) is 9.59 Å². The molecule has 1 aromatic rings. The summed E-state index contributed by atoms with van der Waals surface area (Å²) in [6.45, 7) is 5.42. The molecule has 1 aliphatic heterocycles. The molecule has 2 amide bonds. The van der Waals surface area contributed by atoms with Crippen LogP contribution in [0.1, 0.15) is 30.6 Å². The number of benzene rings is 1. The van der Waals surface area contributed by atoms with Crippen molar-refractivity contribution in [1.82, 2.24) is 5.32 Å². The molecule has 21 heavy (non-hydrogen) atoms. The first-order valence-corrected chi connectivity index (χ1v) is 6.98. The Balaban J connectivity index is 2.23. The van der Waals surface area contributed by atoms with Gasteiger partial charge in [-0.2, -0.15) is 0 Å². The zero-order valence-corrected chi connectivity index (χ0v) is 12.2. The van der Waals surface area contributed by atoms with Gasteiger partial charge in [0.25, 0.3) is 5.91 Å². The predicted octanol–water partition coefficient (Wildman–Crippen LogP) is 1.50. The van der Waals surface area contributed by atoms with Gasteiger partial charge in [-0.1, -0.05) is 13.8 Å². The Morgan fingerprint density at radius 3 is 2.67 bits per heavy atom. The fourth-order valence-electron chi connectivity index (χ4n) is 2.71. The van der Waals surface area contributed by atoms with E-state index in [2.05, 4.69) is 10.6 Å². The largest absolute Gasteiger partial charge is 0.366 e. The van der Waals surface area contributed by atoms with Gasteiger partial charge in [-0.05, 0) is 37.1 Å². The minimum Gasteiger partial charge on any atom is -0.366 e. The van der Waals surface area contributed by atoms with Gasteiger partial charge in [-0.15, -0.1) is 0 Å². The van der Waals surface area contributed by atoms with E-state index in [1.807, 2.05) is 13.8 Å². The number of hydrogen-bond acceptors (Lipinski definition) is 3. The van der Waals surface area contributed by atoms with Crippen molar-refractivity contribution in [3.8, 4) is 0 Å². The second kappa shape index (κ2) is 5.81. The number of primary amides is 1. The summed E-state index contributed by atoms with van der Waals surface area (Å²) >= 11 is 0. The van der Waals surface area contributed by atoms with Gasteiger partial charge in [-0.25, -0.2) is 4.39 Å². The van der Waals surface area contributed by atoms with Crippen molar-refractivity contribution in [3.63, 3.8) is 0 Å². The summed E-state index contributed by atoms with van der Waals surface area (Å²) < 4.78 is 13.4. The van der Waals surface area contributed by atoms with Crippen molar-refractivity contribution in [3.05, 3.63) is 29.6 Å². The van der Waals surface area contributed by atoms with Crippen molar-refractivity contribution < 1.29 is 14.0 Å². The maximum absolute atomic E-state index is 13.4. The summed E-state index contributed by atoms with van der Waals surface area (Å²) in [5.74, 6) is -1.50. The summed E-state index contributed by atoms with van der Waals surface area (Å²) in [7, 11) is 0. The highest BCUT2D eigenvalue weighted by Crippen LogP contribution is 2.35. The Morgan fingerprint density at radius 1 is 1.43 bits per heavy atom. The molecular weight excluding hydrogens is 273 g/mol. The van der Waals surface area contributed by atoms with Crippen LogP contribution in [-0.4, -0.2) is 24.9 Å². The second-order valence-electron chi connectivity index (χ2n) is 5.75. The van der Waals surface area contributed by atoms with Crippen LogP contribution in [0.2, 0.25) is 0 Å². The lowest BCUT2D eigenvalue weighted by Crippen LogP contribution is -2.42. The van der Waals surface area contributed by atoms with Crippen molar-refractivity contribution in [2.45, 2.75) is 20.3 Å². The molecule has 0 spiro atoms. The number of anilines is 1. The van der Waals surface area contributed by atoms with E-state index in [1.54, 1.807) is 0 Å². The van der Waals surface area contributed by atoms with Gasteiger partial charge in [0.05, 0.1) is 11.0 Å². The second-order valence-corrected chi connectivity index (χ2v) is 5.75. The number of rotatable bonds is 4. The normalized spacial score (nSPS) is 21.5. The number of hydrogen-bond donors (Lipinski definition) is 3. The Hall–Kier alpha value is -1.95. The third-order valence-corrected chi connectivity index (χ3v) is 4.24. The highest BCUT2D eigenvalue weighted by molar-refractivity contribution is 5.98. The standard InChI is InChI=1S/C15H20FN3O2/c1-9(2)15(5-6-18-8-15)14(21)19-10-3-4-12(16)11(7-10)13(17)20/h3-4,7,9,18H,5-6,8H2,1-2H3,(H2,17,20)(H,19,21). The lowest BCUT2D eigenvalue weighted by molar-refractivity contribution is -0.126. The first-order valence-electron chi connectivity index (χ1n) is 6.98. The molecule has 6 heteroatoms. The monoisotopic (exact) mass is 293 g/mol. The molecule has 0 aromatic heterocycles. The fraction of sp³-hybridized carbons (Fsp3) is 0.467. The van der Waals surface area contributed by atoms with E-state index in [-0.39, 0.29) is 17.4 Å². The van der Waals surface area contributed by atoms with Crippen molar-refractivity contribution in [2.75, 3.05) is 18.4 Å². The van der Waals surface area contributed by atoms with Crippen LogP contribution in [0.25, 0.3) is 0 Å². The number of carbonyl (C=O) groups is 2. The molecule has 1 heterocycles. The summed E-state index contributed by atoms with van der Waals surface area (Å²) in [6.07, 6.45) is 0.750. The summed E-state index contributed by atoms with van der Waals surface area (Å²) in [5.41, 5.74) is 4.78. The minimum absolute atomic E-state index is 0.121. The molecule has 0 bridgehead atoms. The first kappa shape index (κ1) is 15.4. The highest BCUT2D eigenvalue weighted by atomic mass is 19.1. The Labute approximate surface area is 123 Å². The van der Waals surface area contributed by atoms with Crippen LogP contribution in [0, 0.1) is 17.2 Å². The lowest BCUT2D eigenvalue weighted by atomic mass is 9.75. The van der Waals surface area contributed by atoms with Crippen LogP contribution in [0.4, 0.5) is 10.1 Å². The molecule has 1 fully saturated rings. The van der Waals surface area contributed by atoms with Gasteiger partial charge in [0.1, 0.15) is 5.82 Å². The molecule has 0 saturated carbocycles. The lowest BCUT2D eigenvalue weighted by Gasteiger charge is -2.31. The van der Waals surface area contributed by atoms with Crippen LogP contribution in [0.5, 0.6) is 0 Å². The first-order chi connectivity index (χ1) is 9.86. The van der Waals surface area contributed by atoms with Crippen LogP contribution < -0.4 is 16.4 Å². The molecule has 4 N–H and O–H groups in total. The van der Waals surface area contributed by atoms with Crippen LogP contribution in [0.15, 0.2) is 18.2 Å². The number of nitrogens with one attached hydrogen (secondary N) is 2. The molecule has 1 saturated heterocycles. The van der Waals surface area contributed by atoms with E-state index >= 15 is 0 Å². The average molecular weight is 293 g/mol. The smallest absolute Gasteiger partial charge is 0.251 e. The van der Waals surface area contributed by atoms with Crippen LogP contribution in [0.3, 0.4) is 0 Å². The third kappa shape index (κ3) is 2.90. The summed E-state index contributed by atoms with van der Waals surface area (Å²) in [5, 5.41) is 5.98. The summed E-state index contributed by atoms with van der Waals surface area (Å²) in [4.78, 5) is 23.7. The third-order valence-electron chi connectivity index (χ3n) is 4.24. The van der Waals surface area contributed by atoms with Crippen LogP contribution >= 0.6 is 0 Å². The summed E-state index contributed by atoms with van der Waals surface area (Å²) in [6, 6.07) is 3.83. The van der Waals surface area contributed by atoms with E-state index < -0.39 is 17.1 Å². The molecule has 114 valence electrons. The van der Waals surface area contributed by atoms with E-state index in [1.165, 1.54) is 12.1 Å². The quantitative estimate of drug-likeness (QED) is 0.786. The molecular formula is C15H20FN3O2. The van der Waals surface area contributed by atoms with Gasteiger partial charge < -0.3 is 16.4 Å². The number of nitrogens with two attached hydrogens (primary N) is 1. The number of amides is 2. The zero-order chi connectivity index (χ0) is 15.6. The maximum atomic E-state index is 13.4. The maximum Gasteiger partial charge on any atom is 0.251 e. The van der Waals surface area contributed by atoms with Gasteiger partial charge >= 0.3 is 0 Å². The molecule has 0 aliphatic carbocycles. The molecule has 0 radical (unpaired) electrons. The zero-order valence-electron chi connectivity index (χ0n) is 12.2. The van der Waals surface area contributed by atoms with Gasteiger partial charge in [0, 0.05) is 12.2 Å². The van der Waals surface area contributed by atoms with Crippen molar-refractivity contribution >= 4 is 17.5 Å². The number of carbonyl (C=O) groups excluding carboxylic acids is 2. The fourth-order valence-corrected chi connectivity index (χ4v) is 2.71. The van der Waals surface area contributed by atoms with E-state index in [0.717, 1.165) is 19.0 Å². The predicted molar refractivity (Wildman–Crippen MR) is 78.3 cm³/mol. The Kier molecular flexibility index (Phi) is 4.27. The molecule has 1 aromatic carbocycles. The van der Waals surface area contributed by atoms with Crippen molar-refractivity contribution in [1.29, 1.82) is 0 Å². The van der Waals surface area contributed by atoms with E-state index in [9.17, 15) is 14.0 Å². The highest BCUT2D eigenvalue weighted by Gasteiger charge is 2.43. The molecule has 1 aliphatic rings. The molecule has 5 nitrogen and oxygen atoms in total. The molecule has 1 unspecified atom stereocenters. The SMILES string of the molecule is CC(C)C1(C(=O)Nc2ccc(F)c(C(N)=O)c2)CCNC1. The van der Waals surface area contributed by atoms with Gasteiger partial charge in [0.15, 0.2) is 0 Å². The van der Waals surface area contributed by atoms with E-state index in [4.69, 9.17) is 5.73 Å². The topological polar surface area (TPSA) is 84.2 Å². The van der Waals surface area contributed by atoms with Gasteiger partial charge in [0.2, 0.25) is 5.91 Å². The average Bonchev–Trinajstić information content (AvgIpc) is 2.91. The van der Waals surface area contributed by atoms with Crippen molar-refractivity contribution in [2.24, 2.45) is 17.1 Å².